The lowest BCUT2D eigenvalue weighted by Crippen LogP contribution is -2.54. The van der Waals surface area contributed by atoms with E-state index in [9.17, 15) is 0 Å². The van der Waals surface area contributed by atoms with Gasteiger partial charge in [0.2, 0.25) is 0 Å². The number of hydrogen-bond donors (Lipinski definition) is 1. The van der Waals surface area contributed by atoms with E-state index in [1.54, 1.807) is 0 Å². The van der Waals surface area contributed by atoms with Crippen LogP contribution in [0.25, 0.3) is 0 Å². The summed E-state index contributed by atoms with van der Waals surface area (Å²) in [5.41, 5.74) is 1.59. The van der Waals surface area contributed by atoms with Crippen molar-refractivity contribution in [2.24, 2.45) is 5.41 Å². The average molecular weight is 258 g/mol. The Morgan fingerprint density at radius 1 is 1.31 bits per heavy atom. The van der Waals surface area contributed by atoms with E-state index in [4.69, 9.17) is 23.2 Å². The lowest BCUT2D eigenvalue weighted by atomic mass is 9.73. The molecule has 0 amide bonds. The predicted octanol–water partition coefficient (Wildman–Crippen LogP) is 3.93. The van der Waals surface area contributed by atoms with Gasteiger partial charge in [0.15, 0.2) is 0 Å². The van der Waals surface area contributed by atoms with Crippen LogP contribution in [0.5, 0.6) is 0 Å². The van der Waals surface area contributed by atoms with Crippen molar-refractivity contribution >= 4 is 23.2 Å². The maximum atomic E-state index is 6.23. The van der Waals surface area contributed by atoms with Crippen LogP contribution < -0.4 is 5.32 Å². The van der Waals surface area contributed by atoms with Gasteiger partial charge in [0, 0.05) is 13.1 Å². The Morgan fingerprint density at radius 3 is 2.62 bits per heavy atom. The van der Waals surface area contributed by atoms with E-state index in [0.717, 1.165) is 24.5 Å². The summed E-state index contributed by atoms with van der Waals surface area (Å²) in [6.45, 7) is 4.44. The van der Waals surface area contributed by atoms with Crippen molar-refractivity contribution in [3.8, 4) is 0 Å². The van der Waals surface area contributed by atoms with Gasteiger partial charge in [0.25, 0.3) is 0 Å². The fourth-order valence-electron chi connectivity index (χ4n) is 2.49. The molecule has 16 heavy (non-hydrogen) atoms. The monoisotopic (exact) mass is 257 g/mol. The normalized spacial score (nSPS) is 18.2. The molecule has 1 saturated heterocycles. The molecular formula is C13H17Cl2N. The lowest BCUT2D eigenvalue weighted by molar-refractivity contribution is 0.151. The summed E-state index contributed by atoms with van der Waals surface area (Å²) in [6.07, 6.45) is 3.51. The zero-order valence-corrected chi connectivity index (χ0v) is 11.0. The van der Waals surface area contributed by atoms with Gasteiger partial charge in [-0.1, -0.05) is 48.7 Å². The molecule has 2 rings (SSSR count). The summed E-state index contributed by atoms with van der Waals surface area (Å²) >= 11 is 12.3. The summed E-state index contributed by atoms with van der Waals surface area (Å²) in [7, 11) is 0. The third-order valence-electron chi connectivity index (χ3n) is 3.38. The SMILES string of the molecule is CCCC1(Cc2cccc(Cl)c2Cl)CNC1. The Labute approximate surface area is 107 Å². The Bertz CT molecular complexity index is 372. The van der Waals surface area contributed by atoms with Crippen molar-refractivity contribution in [1.82, 2.24) is 5.32 Å². The molecular weight excluding hydrogens is 241 g/mol. The summed E-state index contributed by atoms with van der Waals surface area (Å²) in [4.78, 5) is 0. The van der Waals surface area contributed by atoms with Crippen molar-refractivity contribution in [3.05, 3.63) is 33.8 Å². The molecule has 0 aromatic heterocycles. The first kappa shape index (κ1) is 12.2. The number of benzene rings is 1. The molecule has 1 aliphatic rings. The minimum absolute atomic E-state index is 0.406. The second-order valence-electron chi connectivity index (χ2n) is 4.74. The number of hydrogen-bond acceptors (Lipinski definition) is 1. The molecule has 0 aliphatic carbocycles. The molecule has 1 fully saturated rings. The Hall–Kier alpha value is -0.240. The van der Waals surface area contributed by atoms with Crippen molar-refractivity contribution in [1.29, 1.82) is 0 Å². The summed E-state index contributed by atoms with van der Waals surface area (Å²) < 4.78 is 0. The first-order chi connectivity index (χ1) is 7.67. The molecule has 1 nitrogen and oxygen atoms in total. The topological polar surface area (TPSA) is 12.0 Å². The smallest absolute Gasteiger partial charge is 0.0624 e. The summed E-state index contributed by atoms with van der Waals surface area (Å²) in [5.74, 6) is 0. The zero-order valence-electron chi connectivity index (χ0n) is 9.52. The second-order valence-corrected chi connectivity index (χ2v) is 5.53. The maximum absolute atomic E-state index is 6.23. The van der Waals surface area contributed by atoms with Gasteiger partial charge in [-0.15, -0.1) is 0 Å². The molecule has 1 aliphatic heterocycles. The highest BCUT2D eigenvalue weighted by Crippen LogP contribution is 2.36. The molecule has 1 aromatic carbocycles. The molecule has 0 unspecified atom stereocenters. The van der Waals surface area contributed by atoms with Crippen LogP contribution in [0.15, 0.2) is 18.2 Å². The van der Waals surface area contributed by atoms with Gasteiger partial charge < -0.3 is 5.32 Å². The number of rotatable bonds is 4. The van der Waals surface area contributed by atoms with Gasteiger partial charge in [-0.05, 0) is 29.9 Å². The molecule has 1 heterocycles. The highest BCUT2D eigenvalue weighted by molar-refractivity contribution is 6.42. The van der Waals surface area contributed by atoms with Gasteiger partial charge in [0.05, 0.1) is 10.0 Å². The lowest BCUT2D eigenvalue weighted by Gasteiger charge is -2.43. The van der Waals surface area contributed by atoms with E-state index in [1.165, 1.54) is 18.4 Å². The van der Waals surface area contributed by atoms with E-state index in [1.807, 2.05) is 12.1 Å². The van der Waals surface area contributed by atoms with Gasteiger partial charge >= 0.3 is 0 Å². The number of halogens is 2. The van der Waals surface area contributed by atoms with Crippen LogP contribution in [0.4, 0.5) is 0 Å². The van der Waals surface area contributed by atoms with Crippen LogP contribution in [-0.2, 0) is 6.42 Å². The quantitative estimate of drug-likeness (QED) is 0.862. The highest BCUT2D eigenvalue weighted by Gasteiger charge is 2.36. The van der Waals surface area contributed by atoms with Crippen molar-refractivity contribution in [2.75, 3.05) is 13.1 Å². The fourth-order valence-corrected chi connectivity index (χ4v) is 2.87. The van der Waals surface area contributed by atoms with E-state index >= 15 is 0 Å². The van der Waals surface area contributed by atoms with Gasteiger partial charge in [-0.2, -0.15) is 0 Å². The highest BCUT2D eigenvalue weighted by atomic mass is 35.5. The Balaban J connectivity index is 2.16. The third kappa shape index (κ3) is 2.37. The van der Waals surface area contributed by atoms with E-state index in [2.05, 4.69) is 18.3 Å². The van der Waals surface area contributed by atoms with Gasteiger partial charge in [0.1, 0.15) is 0 Å². The molecule has 1 aromatic rings. The van der Waals surface area contributed by atoms with E-state index in [-0.39, 0.29) is 0 Å². The zero-order chi connectivity index (χ0) is 11.6. The second kappa shape index (κ2) is 4.95. The Morgan fingerprint density at radius 2 is 2.06 bits per heavy atom. The van der Waals surface area contributed by atoms with Crippen LogP contribution in [0.1, 0.15) is 25.3 Å². The van der Waals surface area contributed by atoms with E-state index < -0.39 is 0 Å². The molecule has 0 atom stereocenters. The molecule has 88 valence electrons. The molecule has 3 heteroatoms. The third-order valence-corrected chi connectivity index (χ3v) is 4.24. The van der Waals surface area contributed by atoms with Crippen molar-refractivity contribution in [3.63, 3.8) is 0 Å². The van der Waals surface area contributed by atoms with Crippen LogP contribution in [-0.4, -0.2) is 13.1 Å². The number of nitrogens with one attached hydrogen (secondary N) is 1. The first-order valence-electron chi connectivity index (χ1n) is 5.80. The van der Waals surface area contributed by atoms with Gasteiger partial charge in [-0.25, -0.2) is 0 Å². The van der Waals surface area contributed by atoms with Crippen molar-refractivity contribution in [2.45, 2.75) is 26.2 Å². The summed E-state index contributed by atoms with van der Waals surface area (Å²) in [5, 5.41) is 4.76. The molecule has 0 bridgehead atoms. The van der Waals surface area contributed by atoms with Crippen LogP contribution in [0.2, 0.25) is 10.0 Å². The van der Waals surface area contributed by atoms with Gasteiger partial charge in [-0.3, -0.25) is 0 Å². The van der Waals surface area contributed by atoms with E-state index in [0.29, 0.717) is 10.4 Å². The minimum Gasteiger partial charge on any atom is -0.316 e. The largest absolute Gasteiger partial charge is 0.316 e. The fraction of sp³-hybridized carbons (Fsp3) is 0.538. The van der Waals surface area contributed by atoms with Crippen LogP contribution >= 0.6 is 23.2 Å². The maximum Gasteiger partial charge on any atom is 0.0624 e. The molecule has 0 spiro atoms. The van der Waals surface area contributed by atoms with Crippen LogP contribution in [0.3, 0.4) is 0 Å². The van der Waals surface area contributed by atoms with Crippen LogP contribution in [0, 0.1) is 5.41 Å². The molecule has 0 radical (unpaired) electrons. The molecule has 0 saturated carbocycles. The summed E-state index contributed by atoms with van der Waals surface area (Å²) in [6, 6.07) is 5.91. The molecule has 1 N–H and O–H groups in total. The van der Waals surface area contributed by atoms with Crippen molar-refractivity contribution < 1.29 is 0 Å². The predicted molar refractivity (Wildman–Crippen MR) is 70.4 cm³/mol. The minimum atomic E-state index is 0.406. The average Bonchev–Trinajstić information content (AvgIpc) is 2.21. The first-order valence-corrected chi connectivity index (χ1v) is 6.56. The standard InChI is InChI=1S/C13H17Cl2N/c1-2-6-13(8-16-9-13)7-10-4-3-5-11(14)12(10)15/h3-5,16H,2,6-9H2,1H3. The Kier molecular flexibility index (Phi) is 3.78.